The van der Waals surface area contributed by atoms with E-state index in [2.05, 4.69) is 20.3 Å². The Labute approximate surface area is 120 Å². The van der Waals surface area contributed by atoms with Gasteiger partial charge in [0, 0.05) is 10.0 Å². The van der Waals surface area contributed by atoms with Crippen molar-refractivity contribution >= 4 is 33.0 Å². The summed E-state index contributed by atoms with van der Waals surface area (Å²) in [6.45, 7) is 7.54. The molecule has 0 N–H and O–H groups in total. The Kier molecular flexibility index (Phi) is 5.25. The van der Waals surface area contributed by atoms with E-state index in [1.807, 2.05) is 45.9 Å². The third-order valence-electron chi connectivity index (χ3n) is 2.30. The average Bonchev–Trinajstić information content (AvgIpc) is 2.27. The lowest BCUT2D eigenvalue weighted by atomic mass is 10.1. The van der Waals surface area contributed by atoms with E-state index in [0.717, 1.165) is 15.8 Å². The first-order chi connectivity index (χ1) is 8.25. The van der Waals surface area contributed by atoms with Crippen LogP contribution in [0.1, 0.15) is 33.3 Å². The standard InChI is InChI=1S/C13H18BrNO2S/c1-9(15-18(16)13(2,3)4)11-8-10(14)6-7-12(11)17-5/h6-8H,1-5H3/b15-9+. The summed E-state index contributed by atoms with van der Waals surface area (Å²) >= 11 is 2.15. The van der Waals surface area contributed by atoms with Gasteiger partial charge in [-0.3, -0.25) is 0 Å². The number of halogens is 1. The monoisotopic (exact) mass is 331 g/mol. The molecule has 0 bridgehead atoms. The maximum absolute atomic E-state index is 12.0. The first-order valence-electron chi connectivity index (χ1n) is 5.57. The number of ether oxygens (including phenoxy) is 1. The molecule has 100 valence electrons. The molecule has 0 aliphatic rings. The fraction of sp³-hybridized carbons (Fsp3) is 0.462. The Morgan fingerprint density at radius 1 is 1.39 bits per heavy atom. The minimum absolute atomic E-state index is 0.361. The van der Waals surface area contributed by atoms with Crippen LogP contribution in [0.15, 0.2) is 27.1 Å². The predicted octanol–water partition coefficient (Wildman–Crippen LogP) is 3.73. The second-order valence-electron chi connectivity index (χ2n) is 4.88. The molecule has 0 aliphatic heterocycles. The Hall–Kier alpha value is -0.520. The van der Waals surface area contributed by atoms with Crippen LogP contribution >= 0.6 is 15.9 Å². The summed E-state index contributed by atoms with van der Waals surface area (Å²) in [6.07, 6.45) is 0. The molecule has 0 saturated carbocycles. The summed E-state index contributed by atoms with van der Waals surface area (Å²) in [7, 11) is 1.61. The molecule has 1 aromatic rings. The van der Waals surface area contributed by atoms with Gasteiger partial charge >= 0.3 is 0 Å². The quantitative estimate of drug-likeness (QED) is 0.625. The molecule has 0 amide bonds. The van der Waals surface area contributed by atoms with Crippen LogP contribution in [-0.4, -0.2) is 22.1 Å². The van der Waals surface area contributed by atoms with E-state index in [1.54, 1.807) is 7.11 Å². The fourth-order valence-corrected chi connectivity index (χ4v) is 2.26. The Balaban J connectivity index is 3.14. The molecule has 0 spiro atoms. The SMILES string of the molecule is COc1ccc(Br)cc1/C(C)=N/[S+]([O-])C(C)(C)C. The summed E-state index contributed by atoms with van der Waals surface area (Å²) in [4.78, 5) is 0. The number of rotatable bonds is 3. The van der Waals surface area contributed by atoms with E-state index in [9.17, 15) is 4.55 Å². The lowest BCUT2D eigenvalue weighted by Crippen LogP contribution is -2.26. The summed E-state index contributed by atoms with van der Waals surface area (Å²) in [5, 5.41) is 0. The highest BCUT2D eigenvalue weighted by Gasteiger charge is 2.27. The van der Waals surface area contributed by atoms with Crippen molar-refractivity contribution in [2.24, 2.45) is 4.40 Å². The van der Waals surface area contributed by atoms with Gasteiger partial charge in [0.05, 0.1) is 12.8 Å². The van der Waals surface area contributed by atoms with Crippen LogP contribution in [0.4, 0.5) is 0 Å². The van der Waals surface area contributed by atoms with Crippen molar-refractivity contribution in [3.8, 4) is 5.75 Å². The molecule has 3 nitrogen and oxygen atoms in total. The zero-order valence-electron chi connectivity index (χ0n) is 11.3. The molecular weight excluding hydrogens is 314 g/mol. The zero-order valence-corrected chi connectivity index (χ0v) is 13.7. The molecule has 1 aromatic carbocycles. The molecule has 18 heavy (non-hydrogen) atoms. The molecule has 0 radical (unpaired) electrons. The molecular formula is C13H18BrNO2S. The van der Waals surface area contributed by atoms with Gasteiger partial charge in [-0.25, -0.2) is 0 Å². The smallest absolute Gasteiger partial charge is 0.144 e. The van der Waals surface area contributed by atoms with Crippen molar-refractivity contribution in [2.45, 2.75) is 32.4 Å². The third-order valence-corrected chi connectivity index (χ3v) is 4.28. The van der Waals surface area contributed by atoms with E-state index in [-0.39, 0.29) is 4.75 Å². The van der Waals surface area contributed by atoms with E-state index < -0.39 is 11.4 Å². The van der Waals surface area contributed by atoms with E-state index in [1.165, 1.54) is 0 Å². The van der Waals surface area contributed by atoms with Gasteiger partial charge in [0.25, 0.3) is 0 Å². The Bertz CT molecular complexity index is 455. The lowest BCUT2D eigenvalue weighted by molar-refractivity contribution is 0.414. The normalized spacial score (nSPS) is 14.5. The first kappa shape index (κ1) is 15.5. The van der Waals surface area contributed by atoms with Crippen molar-refractivity contribution in [3.05, 3.63) is 28.2 Å². The van der Waals surface area contributed by atoms with Gasteiger partial charge in [-0.05, 0) is 45.9 Å². The number of hydrogen-bond acceptors (Lipinski definition) is 3. The lowest BCUT2D eigenvalue weighted by Gasteiger charge is -2.19. The van der Waals surface area contributed by atoms with E-state index in [0.29, 0.717) is 5.71 Å². The summed E-state index contributed by atoms with van der Waals surface area (Å²) in [5.74, 6) is 0.727. The molecule has 1 rings (SSSR count). The van der Waals surface area contributed by atoms with Crippen molar-refractivity contribution in [2.75, 3.05) is 7.11 Å². The van der Waals surface area contributed by atoms with Crippen LogP contribution in [0.25, 0.3) is 0 Å². The number of methoxy groups -OCH3 is 1. The van der Waals surface area contributed by atoms with E-state index in [4.69, 9.17) is 4.74 Å². The fourth-order valence-electron chi connectivity index (χ4n) is 1.27. The second-order valence-corrected chi connectivity index (χ2v) is 7.70. The molecule has 0 aliphatic carbocycles. The molecule has 1 atom stereocenters. The van der Waals surface area contributed by atoms with Gasteiger partial charge < -0.3 is 9.29 Å². The zero-order chi connectivity index (χ0) is 13.9. The molecule has 0 heterocycles. The van der Waals surface area contributed by atoms with Crippen LogP contribution in [0.5, 0.6) is 5.75 Å². The number of nitrogens with zero attached hydrogens (tertiary/aromatic N) is 1. The average molecular weight is 332 g/mol. The highest BCUT2D eigenvalue weighted by atomic mass is 79.9. The predicted molar refractivity (Wildman–Crippen MR) is 80.8 cm³/mol. The minimum atomic E-state index is -1.27. The van der Waals surface area contributed by atoms with Crippen LogP contribution in [0.3, 0.4) is 0 Å². The van der Waals surface area contributed by atoms with Crippen LogP contribution in [0, 0.1) is 0 Å². The van der Waals surface area contributed by atoms with Gasteiger partial charge in [0.2, 0.25) is 0 Å². The van der Waals surface area contributed by atoms with Crippen molar-refractivity contribution < 1.29 is 9.29 Å². The summed E-state index contributed by atoms with van der Waals surface area (Å²) in [5.41, 5.74) is 1.56. The molecule has 5 heteroatoms. The van der Waals surface area contributed by atoms with Crippen LogP contribution in [-0.2, 0) is 11.4 Å². The molecule has 0 fully saturated rings. The van der Waals surface area contributed by atoms with Gasteiger partial charge in [0.15, 0.2) is 0 Å². The maximum atomic E-state index is 12.0. The number of hydrogen-bond donors (Lipinski definition) is 0. The van der Waals surface area contributed by atoms with Crippen molar-refractivity contribution in [1.82, 2.24) is 0 Å². The van der Waals surface area contributed by atoms with E-state index >= 15 is 0 Å². The molecule has 0 saturated heterocycles. The van der Waals surface area contributed by atoms with Gasteiger partial charge in [-0.1, -0.05) is 20.3 Å². The maximum Gasteiger partial charge on any atom is 0.144 e. The van der Waals surface area contributed by atoms with Gasteiger partial charge in [-0.15, -0.1) is 0 Å². The Morgan fingerprint density at radius 3 is 2.50 bits per heavy atom. The Morgan fingerprint density at radius 2 is 2.00 bits per heavy atom. The highest BCUT2D eigenvalue weighted by molar-refractivity contribution is 9.10. The van der Waals surface area contributed by atoms with Gasteiger partial charge in [0.1, 0.15) is 21.9 Å². The van der Waals surface area contributed by atoms with Crippen molar-refractivity contribution in [1.29, 1.82) is 0 Å². The highest BCUT2D eigenvalue weighted by Crippen LogP contribution is 2.25. The third kappa shape index (κ3) is 4.00. The van der Waals surface area contributed by atoms with Crippen LogP contribution < -0.4 is 4.74 Å². The summed E-state index contributed by atoms with van der Waals surface area (Å²) in [6, 6.07) is 5.67. The topological polar surface area (TPSA) is 44.6 Å². The van der Waals surface area contributed by atoms with Crippen LogP contribution in [0.2, 0.25) is 0 Å². The largest absolute Gasteiger partial charge is 0.591 e. The molecule has 1 unspecified atom stereocenters. The second kappa shape index (κ2) is 6.08. The number of benzene rings is 1. The minimum Gasteiger partial charge on any atom is -0.591 e. The summed E-state index contributed by atoms with van der Waals surface area (Å²) < 4.78 is 22.1. The van der Waals surface area contributed by atoms with Crippen molar-refractivity contribution in [3.63, 3.8) is 0 Å². The first-order valence-corrected chi connectivity index (χ1v) is 7.47. The molecule has 0 aromatic heterocycles. The van der Waals surface area contributed by atoms with Gasteiger partial charge in [-0.2, -0.15) is 0 Å².